The van der Waals surface area contributed by atoms with Gasteiger partial charge in [0.2, 0.25) is 0 Å². The topological polar surface area (TPSA) is 32.7 Å². The molecule has 0 aromatic heterocycles. The smallest absolute Gasteiger partial charge is 0.112 e. The van der Waals surface area contributed by atoms with Gasteiger partial charge in [0.1, 0.15) is 6.23 Å². The van der Waals surface area contributed by atoms with Crippen molar-refractivity contribution in [1.82, 2.24) is 4.90 Å². The third-order valence-electron chi connectivity index (χ3n) is 2.27. The summed E-state index contributed by atoms with van der Waals surface area (Å²) in [4.78, 5) is 2.32. The minimum atomic E-state index is 0.182. The molecule has 0 amide bonds. The Morgan fingerprint density at radius 2 is 2.42 bits per heavy atom. The summed E-state index contributed by atoms with van der Waals surface area (Å²) in [7, 11) is 0. The van der Waals surface area contributed by atoms with E-state index in [1.807, 2.05) is 0 Å². The Bertz CT molecular complexity index is 119. The van der Waals surface area contributed by atoms with Crippen molar-refractivity contribution in [3.63, 3.8) is 0 Å². The number of ether oxygens (including phenoxy) is 1. The highest BCUT2D eigenvalue weighted by molar-refractivity contribution is 4.69. The number of rotatable bonds is 5. The molecule has 1 unspecified atom stereocenters. The maximum Gasteiger partial charge on any atom is 0.112 e. The second kappa shape index (κ2) is 5.51. The van der Waals surface area contributed by atoms with Crippen LogP contribution in [0.2, 0.25) is 0 Å². The Balaban J connectivity index is 2.20. The average molecular weight is 173 g/mol. The first-order valence-corrected chi connectivity index (χ1v) is 4.85. The zero-order chi connectivity index (χ0) is 8.81. The molecule has 0 bridgehead atoms. The number of aliphatic hydroxyl groups is 1. The Hall–Kier alpha value is -0.120. The highest BCUT2D eigenvalue weighted by atomic mass is 16.5. The molecule has 1 atom stereocenters. The van der Waals surface area contributed by atoms with Crippen LogP contribution in [-0.4, -0.2) is 42.5 Å². The lowest BCUT2D eigenvalue weighted by molar-refractivity contribution is 0.0144. The summed E-state index contributed by atoms with van der Waals surface area (Å²) in [5, 5.41) is 8.76. The SMILES string of the molecule is CCCCN1CCOC1CCO. The molecule has 0 saturated carbocycles. The highest BCUT2D eigenvalue weighted by Crippen LogP contribution is 2.13. The van der Waals surface area contributed by atoms with E-state index >= 15 is 0 Å². The lowest BCUT2D eigenvalue weighted by Crippen LogP contribution is -2.31. The molecule has 0 spiro atoms. The van der Waals surface area contributed by atoms with E-state index in [0.717, 1.165) is 26.1 Å². The van der Waals surface area contributed by atoms with Gasteiger partial charge in [-0.2, -0.15) is 0 Å². The van der Waals surface area contributed by atoms with E-state index in [9.17, 15) is 0 Å². The van der Waals surface area contributed by atoms with E-state index in [1.54, 1.807) is 0 Å². The lowest BCUT2D eigenvalue weighted by atomic mass is 10.3. The molecule has 3 heteroatoms. The van der Waals surface area contributed by atoms with Gasteiger partial charge in [-0.3, -0.25) is 4.90 Å². The standard InChI is InChI=1S/C9H19NO2/c1-2-3-5-10-6-8-12-9(10)4-7-11/h9,11H,2-8H2,1H3. The summed E-state index contributed by atoms with van der Waals surface area (Å²) >= 11 is 0. The van der Waals surface area contributed by atoms with E-state index in [1.165, 1.54) is 12.8 Å². The molecule has 1 saturated heterocycles. The first-order chi connectivity index (χ1) is 5.88. The van der Waals surface area contributed by atoms with Gasteiger partial charge in [0.25, 0.3) is 0 Å². The van der Waals surface area contributed by atoms with Crippen LogP contribution in [0.4, 0.5) is 0 Å². The van der Waals surface area contributed by atoms with Crippen LogP contribution in [-0.2, 0) is 4.74 Å². The third-order valence-corrected chi connectivity index (χ3v) is 2.27. The average Bonchev–Trinajstić information content (AvgIpc) is 2.50. The van der Waals surface area contributed by atoms with E-state index in [2.05, 4.69) is 11.8 Å². The summed E-state index contributed by atoms with van der Waals surface area (Å²) in [6.45, 7) is 5.39. The molecule has 0 radical (unpaired) electrons. The number of hydrogen-bond donors (Lipinski definition) is 1. The van der Waals surface area contributed by atoms with Crippen molar-refractivity contribution in [3.8, 4) is 0 Å². The van der Waals surface area contributed by atoms with Crippen molar-refractivity contribution in [3.05, 3.63) is 0 Å². The van der Waals surface area contributed by atoms with Crippen LogP contribution in [0.25, 0.3) is 0 Å². The van der Waals surface area contributed by atoms with E-state index in [-0.39, 0.29) is 12.8 Å². The minimum absolute atomic E-state index is 0.182. The van der Waals surface area contributed by atoms with Gasteiger partial charge in [-0.15, -0.1) is 0 Å². The normalized spacial score (nSPS) is 25.0. The summed E-state index contributed by atoms with van der Waals surface area (Å²) < 4.78 is 5.47. The summed E-state index contributed by atoms with van der Waals surface area (Å²) in [5.41, 5.74) is 0. The molecule has 1 N–H and O–H groups in total. The Kier molecular flexibility index (Phi) is 4.58. The lowest BCUT2D eigenvalue weighted by Gasteiger charge is -2.21. The molecule has 0 aliphatic carbocycles. The van der Waals surface area contributed by atoms with Crippen molar-refractivity contribution in [1.29, 1.82) is 0 Å². The van der Waals surface area contributed by atoms with Crippen LogP contribution in [0.1, 0.15) is 26.2 Å². The molecule has 3 nitrogen and oxygen atoms in total. The molecule has 72 valence electrons. The first-order valence-electron chi connectivity index (χ1n) is 4.85. The van der Waals surface area contributed by atoms with Gasteiger partial charge < -0.3 is 9.84 Å². The zero-order valence-corrected chi connectivity index (χ0v) is 7.83. The number of nitrogens with zero attached hydrogens (tertiary/aromatic N) is 1. The van der Waals surface area contributed by atoms with Crippen molar-refractivity contribution in [2.24, 2.45) is 0 Å². The summed E-state index contributed by atoms with van der Waals surface area (Å²) in [5.74, 6) is 0. The highest BCUT2D eigenvalue weighted by Gasteiger charge is 2.23. The third kappa shape index (κ3) is 2.73. The second-order valence-corrected chi connectivity index (χ2v) is 3.23. The van der Waals surface area contributed by atoms with E-state index < -0.39 is 0 Å². The van der Waals surface area contributed by atoms with Crippen LogP contribution in [0, 0.1) is 0 Å². The minimum Gasteiger partial charge on any atom is -0.396 e. The monoisotopic (exact) mass is 173 g/mol. The van der Waals surface area contributed by atoms with Gasteiger partial charge in [-0.05, 0) is 6.42 Å². The molecule has 1 heterocycles. The second-order valence-electron chi connectivity index (χ2n) is 3.23. The predicted molar refractivity (Wildman–Crippen MR) is 47.9 cm³/mol. The van der Waals surface area contributed by atoms with E-state index in [0.29, 0.717) is 0 Å². The summed E-state index contributed by atoms with van der Waals surface area (Å²) in [6.07, 6.45) is 3.39. The fourth-order valence-electron chi connectivity index (χ4n) is 1.55. The number of aliphatic hydroxyl groups excluding tert-OH is 1. The van der Waals surface area contributed by atoms with Crippen LogP contribution in [0.5, 0.6) is 0 Å². The molecule has 0 aromatic carbocycles. The van der Waals surface area contributed by atoms with Crippen LogP contribution in [0.3, 0.4) is 0 Å². The van der Waals surface area contributed by atoms with Gasteiger partial charge >= 0.3 is 0 Å². The molecule has 1 aliphatic rings. The van der Waals surface area contributed by atoms with Gasteiger partial charge in [0.15, 0.2) is 0 Å². The van der Waals surface area contributed by atoms with E-state index in [4.69, 9.17) is 9.84 Å². The van der Waals surface area contributed by atoms with Crippen molar-refractivity contribution < 1.29 is 9.84 Å². The fourth-order valence-corrected chi connectivity index (χ4v) is 1.55. The molecular weight excluding hydrogens is 154 g/mol. The quantitative estimate of drug-likeness (QED) is 0.668. The van der Waals surface area contributed by atoms with Gasteiger partial charge in [-0.25, -0.2) is 0 Å². The van der Waals surface area contributed by atoms with Crippen molar-refractivity contribution >= 4 is 0 Å². The largest absolute Gasteiger partial charge is 0.396 e. The Labute approximate surface area is 74.3 Å². The number of unbranched alkanes of at least 4 members (excludes halogenated alkanes) is 1. The molecule has 12 heavy (non-hydrogen) atoms. The molecule has 1 rings (SSSR count). The Morgan fingerprint density at radius 1 is 1.58 bits per heavy atom. The van der Waals surface area contributed by atoms with Crippen LogP contribution >= 0.6 is 0 Å². The maximum atomic E-state index is 8.76. The Morgan fingerprint density at radius 3 is 3.08 bits per heavy atom. The fraction of sp³-hybridized carbons (Fsp3) is 1.00. The van der Waals surface area contributed by atoms with Crippen LogP contribution in [0.15, 0.2) is 0 Å². The zero-order valence-electron chi connectivity index (χ0n) is 7.83. The van der Waals surface area contributed by atoms with Crippen LogP contribution < -0.4 is 0 Å². The van der Waals surface area contributed by atoms with Crippen molar-refractivity contribution in [2.45, 2.75) is 32.4 Å². The molecule has 1 aliphatic heterocycles. The predicted octanol–water partition coefficient (Wildman–Crippen LogP) is 0.827. The van der Waals surface area contributed by atoms with Crippen molar-refractivity contribution in [2.75, 3.05) is 26.3 Å². The molecular formula is C9H19NO2. The van der Waals surface area contributed by atoms with Gasteiger partial charge in [-0.1, -0.05) is 13.3 Å². The maximum absolute atomic E-state index is 8.76. The summed E-state index contributed by atoms with van der Waals surface area (Å²) in [6, 6.07) is 0. The van der Waals surface area contributed by atoms with Gasteiger partial charge in [0.05, 0.1) is 6.61 Å². The first kappa shape index (κ1) is 9.96. The van der Waals surface area contributed by atoms with Gasteiger partial charge in [0, 0.05) is 26.1 Å². The molecule has 0 aromatic rings. The molecule has 1 fully saturated rings. The number of hydrogen-bond acceptors (Lipinski definition) is 3.